The molecule has 2 amide bonds. The zero-order valence-electron chi connectivity index (χ0n) is 18.9. The van der Waals surface area contributed by atoms with Crippen LogP contribution in [-0.2, 0) is 13.0 Å². The average molecular weight is 440 g/mol. The summed E-state index contributed by atoms with van der Waals surface area (Å²) < 4.78 is 2.29. The van der Waals surface area contributed by atoms with E-state index < -0.39 is 0 Å². The quantitative estimate of drug-likeness (QED) is 0.476. The first kappa shape index (κ1) is 21.1. The number of imidazole rings is 1. The Morgan fingerprint density at radius 3 is 2.27 bits per heavy atom. The van der Waals surface area contributed by atoms with E-state index in [0.717, 1.165) is 48.7 Å². The third-order valence-corrected chi connectivity index (χ3v) is 6.28. The Bertz CT molecular complexity index is 1220. The molecule has 6 heteroatoms. The monoisotopic (exact) mass is 439 g/mol. The van der Waals surface area contributed by atoms with E-state index in [1.54, 1.807) is 0 Å². The van der Waals surface area contributed by atoms with Crippen molar-refractivity contribution in [2.24, 2.45) is 0 Å². The lowest BCUT2D eigenvalue weighted by atomic mass is 10.1. The van der Waals surface area contributed by atoms with Gasteiger partial charge in [-0.3, -0.25) is 0 Å². The number of carbonyl (C=O) groups excluding carboxylic acids is 1. The number of anilines is 2. The summed E-state index contributed by atoms with van der Waals surface area (Å²) in [5.74, 6) is 0.968. The van der Waals surface area contributed by atoms with Gasteiger partial charge in [0.15, 0.2) is 0 Å². The number of urea groups is 1. The number of nitrogens with one attached hydrogen (secondary N) is 1. The Morgan fingerprint density at radius 2 is 1.55 bits per heavy atom. The Balaban J connectivity index is 1.30. The number of para-hydroxylation sites is 2. The number of benzene rings is 3. The van der Waals surface area contributed by atoms with Gasteiger partial charge >= 0.3 is 6.03 Å². The smallest absolute Gasteiger partial charge is 0.321 e. The average Bonchev–Trinajstić information content (AvgIpc) is 3.23. The molecule has 1 aromatic heterocycles. The molecular formula is C27H29N5O. The fraction of sp³-hybridized carbons (Fsp3) is 0.259. The second-order valence-corrected chi connectivity index (χ2v) is 8.43. The summed E-state index contributed by atoms with van der Waals surface area (Å²) in [7, 11) is 0. The van der Waals surface area contributed by atoms with Crippen LogP contribution in [0.2, 0.25) is 0 Å². The predicted octanol–water partition coefficient (Wildman–Crippen LogP) is 5.00. The molecule has 5 rings (SSSR count). The Kier molecular flexibility index (Phi) is 5.98. The number of carbonyl (C=O) groups is 1. The lowest BCUT2D eigenvalue weighted by Gasteiger charge is -2.35. The number of hydrogen-bond acceptors (Lipinski definition) is 3. The summed E-state index contributed by atoms with van der Waals surface area (Å²) in [5, 5.41) is 3.03. The minimum Gasteiger partial charge on any atom is -0.339 e. The van der Waals surface area contributed by atoms with Gasteiger partial charge in [-0.1, -0.05) is 61.5 Å². The lowest BCUT2D eigenvalue weighted by Crippen LogP contribution is -2.50. The van der Waals surface area contributed by atoms with Gasteiger partial charge in [-0.25, -0.2) is 9.78 Å². The number of nitrogens with zero attached hydrogens (tertiary/aromatic N) is 4. The van der Waals surface area contributed by atoms with Gasteiger partial charge in [0.1, 0.15) is 0 Å². The van der Waals surface area contributed by atoms with Crippen molar-refractivity contribution in [3.8, 4) is 0 Å². The van der Waals surface area contributed by atoms with E-state index in [0.29, 0.717) is 13.1 Å². The van der Waals surface area contributed by atoms with E-state index >= 15 is 0 Å². The standard InChI is InChI=1S/C27H29N5O/c1-2-21-12-14-23(15-13-21)28-27(33)31-18-16-30(17-19-31)26-29-24-10-6-7-11-25(24)32(26)20-22-8-4-3-5-9-22/h3-15H,2,16-20H2,1H3,(H,28,33). The highest BCUT2D eigenvalue weighted by atomic mass is 16.2. The number of rotatable bonds is 5. The maximum absolute atomic E-state index is 12.8. The van der Waals surface area contributed by atoms with Crippen molar-refractivity contribution < 1.29 is 4.79 Å². The van der Waals surface area contributed by atoms with Crippen LogP contribution in [0.15, 0.2) is 78.9 Å². The van der Waals surface area contributed by atoms with Crippen molar-refractivity contribution in [2.75, 3.05) is 36.4 Å². The van der Waals surface area contributed by atoms with E-state index in [1.807, 2.05) is 29.2 Å². The molecule has 0 atom stereocenters. The summed E-state index contributed by atoms with van der Waals surface area (Å²) in [6.45, 7) is 5.72. The lowest BCUT2D eigenvalue weighted by molar-refractivity contribution is 0.208. The van der Waals surface area contributed by atoms with E-state index in [-0.39, 0.29) is 6.03 Å². The van der Waals surface area contributed by atoms with Gasteiger partial charge in [-0.05, 0) is 41.8 Å². The molecule has 1 N–H and O–H groups in total. The summed E-state index contributed by atoms with van der Waals surface area (Å²) in [6.07, 6.45) is 0.991. The van der Waals surface area contributed by atoms with Gasteiger partial charge in [-0.2, -0.15) is 0 Å². The molecule has 0 aliphatic carbocycles. The van der Waals surface area contributed by atoms with E-state index in [1.165, 1.54) is 11.1 Å². The maximum Gasteiger partial charge on any atom is 0.321 e. The molecule has 33 heavy (non-hydrogen) atoms. The highest BCUT2D eigenvalue weighted by Gasteiger charge is 2.25. The molecule has 0 radical (unpaired) electrons. The first-order valence-electron chi connectivity index (χ1n) is 11.6. The number of amides is 2. The summed E-state index contributed by atoms with van der Waals surface area (Å²) in [6, 6.07) is 26.8. The third kappa shape index (κ3) is 4.55. The highest BCUT2D eigenvalue weighted by molar-refractivity contribution is 5.89. The number of aryl methyl sites for hydroxylation is 1. The summed E-state index contributed by atoms with van der Waals surface area (Å²) in [5.41, 5.74) is 5.48. The van der Waals surface area contributed by atoms with Crippen molar-refractivity contribution >= 4 is 28.7 Å². The van der Waals surface area contributed by atoms with Gasteiger partial charge < -0.3 is 19.7 Å². The highest BCUT2D eigenvalue weighted by Crippen LogP contribution is 2.25. The fourth-order valence-electron chi connectivity index (χ4n) is 4.36. The molecule has 0 bridgehead atoms. The molecule has 1 saturated heterocycles. The maximum atomic E-state index is 12.8. The van der Waals surface area contributed by atoms with Crippen LogP contribution in [0.3, 0.4) is 0 Å². The van der Waals surface area contributed by atoms with Crippen LogP contribution in [-0.4, -0.2) is 46.7 Å². The second kappa shape index (κ2) is 9.36. The SMILES string of the molecule is CCc1ccc(NC(=O)N2CCN(c3nc4ccccc4n3Cc3ccccc3)CC2)cc1. The van der Waals surface area contributed by atoms with Crippen LogP contribution in [0, 0.1) is 0 Å². The van der Waals surface area contributed by atoms with Crippen LogP contribution in [0.25, 0.3) is 11.0 Å². The number of piperazine rings is 1. The first-order valence-corrected chi connectivity index (χ1v) is 11.6. The van der Waals surface area contributed by atoms with Crippen LogP contribution in [0.1, 0.15) is 18.1 Å². The topological polar surface area (TPSA) is 53.4 Å². The van der Waals surface area contributed by atoms with Crippen molar-refractivity contribution in [3.63, 3.8) is 0 Å². The molecule has 6 nitrogen and oxygen atoms in total. The Morgan fingerprint density at radius 1 is 0.848 bits per heavy atom. The Hall–Kier alpha value is -3.80. The molecule has 3 aromatic carbocycles. The van der Waals surface area contributed by atoms with Crippen molar-refractivity contribution in [1.82, 2.24) is 14.5 Å². The molecule has 2 heterocycles. The van der Waals surface area contributed by atoms with E-state index in [2.05, 4.69) is 76.3 Å². The molecule has 0 saturated carbocycles. The van der Waals surface area contributed by atoms with Crippen LogP contribution in [0.5, 0.6) is 0 Å². The number of aromatic nitrogens is 2. The normalized spacial score (nSPS) is 14.0. The van der Waals surface area contributed by atoms with Crippen molar-refractivity contribution in [2.45, 2.75) is 19.9 Å². The summed E-state index contributed by atoms with van der Waals surface area (Å²) >= 11 is 0. The molecule has 1 aliphatic heterocycles. The van der Waals surface area contributed by atoms with Crippen LogP contribution in [0.4, 0.5) is 16.4 Å². The molecule has 0 unspecified atom stereocenters. The number of fused-ring (bicyclic) bond motifs is 1. The van der Waals surface area contributed by atoms with Gasteiger partial charge in [0.25, 0.3) is 0 Å². The van der Waals surface area contributed by atoms with E-state index in [9.17, 15) is 4.79 Å². The molecular weight excluding hydrogens is 410 g/mol. The predicted molar refractivity (Wildman–Crippen MR) is 134 cm³/mol. The molecule has 0 spiro atoms. The van der Waals surface area contributed by atoms with Gasteiger partial charge in [0, 0.05) is 31.9 Å². The van der Waals surface area contributed by atoms with Crippen LogP contribution >= 0.6 is 0 Å². The fourth-order valence-corrected chi connectivity index (χ4v) is 4.36. The van der Waals surface area contributed by atoms with Crippen molar-refractivity contribution in [1.29, 1.82) is 0 Å². The Labute approximate surface area is 194 Å². The molecule has 1 aliphatic rings. The van der Waals surface area contributed by atoms with Gasteiger partial charge in [-0.15, -0.1) is 0 Å². The molecule has 168 valence electrons. The van der Waals surface area contributed by atoms with E-state index in [4.69, 9.17) is 4.98 Å². The number of hydrogen-bond donors (Lipinski definition) is 1. The van der Waals surface area contributed by atoms with Gasteiger partial charge in [0.05, 0.1) is 17.6 Å². The minimum absolute atomic E-state index is 0.0447. The summed E-state index contributed by atoms with van der Waals surface area (Å²) in [4.78, 5) is 21.9. The van der Waals surface area contributed by atoms with Gasteiger partial charge in [0.2, 0.25) is 5.95 Å². The van der Waals surface area contributed by atoms with Crippen LogP contribution < -0.4 is 10.2 Å². The second-order valence-electron chi connectivity index (χ2n) is 8.43. The third-order valence-electron chi connectivity index (χ3n) is 6.28. The largest absolute Gasteiger partial charge is 0.339 e. The zero-order valence-corrected chi connectivity index (χ0v) is 18.9. The minimum atomic E-state index is -0.0447. The molecule has 1 fully saturated rings. The molecule has 4 aromatic rings. The first-order chi connectivity index (χ1) is 16.2. The zero-order chi connectivity index (χ0) is 22.6. The van der Waals surface area contributed by atoms with Crippen molar-refractivity contribution in [3.05, 3.63) is 90.0 Å².